The molecule has 0 spiro atoms. The van der Waals surface area contributed by atoms with Gasteiger partial charge in [0.25, 0.3) is 0 Å². The van der Waals surface area contributed by atoms with Crippen LogP contribution < -0.4 is 0 Å². The lowest BCUT2D eigenvalue weighted by atomic mass is 10.0. The first-order valence-electron chi connectivity index (χ1n) is 11.0. The minimum absolute atomic E-state index is 0.0783. The minimum atomic E-state index is -0.0783. The maximum atomic E-state index is 11.9. The van der Waals surface area contributed by atoms with Crippen molar-refractivity contribution in [1.29, 1.82) is 0 Å². The lowest BCUT2D eigenvalue weighted by Crippen LogP contribution is -2.38. The Kier molecular flexibility index (Phi) is 16.5. The number of carbonyl (C=O) groups is 1. The van der Waals surface area contributed by atoms with Crippen molar-refractivity contribution in [3.05, 3.63) is 0 Å². The van der Waals surface area contributed by atoms with Crippen LogP contribution in [0.3, 0.4) is 0 Å². The first-order chi connectivity index (χ1) is 12.0. The second-order valence-electron chi connectivity index (χ2n) is 8.00. The van der Waals surface area contributed by atoms with Crippen molar-refractivity contribution in [3.63, 3.8) is 0 Å². The van der Waals surface area contributed by atoms with Gasteiger partial charge in [0, 0.05) is 18.5 Å². The number of carbonyl (C=O) groups excluding carboxylic acids is 1. The first-order valence-corrected chi connectivity index (χ1v) is 11.0. The molecule has 150 valence electrons. The smallest absolute Gasteiger partial charge is 0.325 e. The molecule has 0 unspecified atom stereocenters. The molecular formula is C22H45NO2. The Hall–Kier alpha value is -0.570. The quantitative estimate of drug-likeness (QED) is 0.207. The zero-order valence-electron chi connectivity index (χ0n) is 17.8. The second-order valence-corrected chi connectivity index (χ2v) is 8.00. The van der Waals surface area contributed by atoms with E-state index in [-0.39, 0.29) is 18.1 Å². The highest BCUT2D eigenvalue weighted by Crippen LogP contribution is 2.14. The number of rotatable bonds is 17. The van der Waals surface area contributed by atoms with Gasteiger partial charge in [0.15, 0.2) is 0 Å². The van der Waals surface area contributed by atoms with Crippen LogP contribution in [0.25, 0.3) is 0 Å². The molecule has 0 aromatic carbocycles. The molecule has 0 aliphatic carbocycles. The van der Waals surface area contributed by atoms with Gasteiger partial charge in [-0.15, -0.1) is 5.06 Å². The van der Waals surface area contributed by atoms with Crippen molar-refractivity contribution >= 4 is 5.97 Å². The van der Waals surface area contributed by atoms with Gasteiger partial charge in [-0.1, -0.05) is 84.0 Å². The summed E-state index contributed by atoms with van der Waals surface area (Å²) in [5.74, 6) is -0.0783. The maximum absolute atomic E-state index is 11.9. The zero-order chi connectivity index (χ0) is 18.9. The molecule has 0 bridgehead atoms. The molecule has 0 heterocycles. The predicted molar refractivity (Wildman–Crippen MR) is 109 cm³/mol. The third-order valence-electron chi connectivity index (χ3n) is 4.71. The van der Waals surface area contributed by atoms with Gasteiger partial charge in [0.2, 0.25) is 0 Å². The fourth-order valence-corrected chi connectivity index (χ4v) is 3.26. The van der Waals surface area contributed by atoms with E-state index in [4.69, 9.17) is 4.84 Å². The monoisotopic (exact) mass is 355 g/mol. The highest BCUT2D eigenvalue weighted by Gasteiger charge is 2.18. The molecule has 0 aromatic rings. The Morgan fingerprint density at radius 2 is 1.04 bits per heavy atom. The van der Waals surface area contributed by atoms with Gasteiger partial charge in [0.05, 0.1) is 0 Å². The Morgan fingerprint density at radius 1 is 0.680 bits per heavy atom. The summed E-state index contributed by atoms with van der Waals surface area (Å²) in [5, 5.41) is 1.80. The number of unbranched alkanes of at least 4 members (excludes halogenated alkanes) is 12. The highest BCUT2D eigenvalue weighted by molar-refractivity contribution is 5.68. The Labute approximate surface area is 157 Å². The van der Waals surface area contributed by atoms with Crippen LogP contribution in [-0.2, 0) is 9.63 Å². The standard InChI is InChI=1S/C22H45NO2/c1-6-7-8-9-10-11-12-13-14-15-16-17-18-19-22(24)25-23(20(2)3)21(4)5/h20-21H,6-19H2,1-5H3. The third-order valence-corrected chi connectivity index (χ3v) is 4.71. The predicted octanol–water partition coefficient (Wildman–Crippen LogP) is 7.04. The third kappa shape index (κ3) is 15.4. The number of nitrogens with zero attached hydrogens (tertiary/aromatic N) is 1. The summed E-state index contributed by atoms with van der Waals surface area (Å²) < 4.78 is 0. The molecule has 3 nitrogen and oxygen atoms in total. The van der Waals surface area contributed by atoms with E-state index in [9.17, 15) is 4.79 Å². The van der Waals surface area contributed by atoms with Crippen LogP contribution >= 0.6 is 0 Å². The van der Waals surface area contributed by atoms with Crippen LogP contribution in [0.1, 0.15) is 125 Å². The summed E-state index contributed by atoms with van der Waals surface area (Å²) in [5.41, 5.74) is 0. The van der Waals surface area contributed by atoms with Gasteiger partial charge in [0.1, 0.15) is 0 Å². The van der Waals surface area contributed by atoms with E-state index in [1.807, 2.05) is 0 Å². The Balaban J connectivity index is 3.39. The van der Waals surface area contributed by atoms with E-state index in [0.29, 0.717) is 6.42 Å². The summed E-state index contributed by atoms with van der Waals surface area (Å²) in [6.45, 7) is 10.5. The minimum Gasteiger partial charge on any atom is -0.367 e. The topological polar surface area (TPSA) is 29.5 Å². The largest absolute Gasteiger partial charge is 0.367 e. The molecule has 0 N–H and O–H groups in total. The zero-order valence-corrected chi connectivity index (χ0v) is 17.8. The molecule has 0 aliphatic rings. The summed E-state index contributed by atoms with van der Waals surface area (Å²) in [6.07, 6.45) is 17.8. The van der Waals surface area contributed by atoms with Gasteiger partial charge in [-0.25, -0.2) is 0 Å². The van der Waals surface area contributed by atoms with E-state index in [1.54, 1.807) is 5.06 Å². The van der Waals surface area contributed by atoms with Gasteiger partial charge >= 0.3 is 5.97 Å². The average Bonchev–Trinajstić information content (AvgIpc) is 2.56. The van der Waals surface area contributed by atoms with Gasteiger partial charge < -0.3 is 4.84 Å². The van der Waals surface area contributed by atoms with Crippen molar-refractivity contribution in [2.24, 2.45) is 0 Å². The molecule has 0 saturated carbocycles. The van der Waals surface area contributed by atoms with E-state index in [0.717, 1.165) is 12.8 Å². The average molecular weight is 356 g/mol. The van der Waals surface area contributed by atoms with Gasteiger partial charge in [-0.3, -0.25) is 4.79 Å². The molecule has 0 rings (SSSR count). The first kappa shape index (κ1) is 24.4. The van der Waals surface area contributed by atoms with Crippen molar-refractivity contribution in [1.82, 2.24) is 5.06 Å². The van der Waals surface area contributed by atoms with Crippen molar-refractivity contribution in [2.75, 3.05) is 0 Å². The molecule has 0 atom stereocenters. The molecule has 0 fully saturated rings. The molecule has 3 heteroatoms. The summed E-state index contributed by atoms with van der Waals surface area (Å²) in [6, 6.07) is 0.464. The second kappa shape index (κ2) is 16.9. The fourth-order valence-electron chi connectivity index (χ4n) is 3.26. The van der Waals surface area contributed by atoms with Crippen molar-refractivity contribution in [2.45, 2.75) is 137 Å². The van der Waals surface area contributed by atoms with Crippen molar-refractivity contribution in [3.8, 4) is 0 Å². The van der Waals surface area contributed by atoms with Crippen LogP contribution in [0.5, 0.6) is 0 Å². The van der Waals surface area contributed by atoms with E-state index < -0.39 is 0 Å². The normalized spacial score (nSPS) is 11.7. The summed E-state index contributed by atoms with van der Waals surface area (Å²) >= 11 is 0. The molecule has 0 radical (unpaired) electrons. The van der Waals surface area contributed by atoms with Crippen LogP contribution in [-0.4, -0.2) is 23.1 Å². The van der Waals surface area contributed by atoms with Crippen molar-refractivity contribution < 1.29 is 9.63 Å². The SMILES string of the molecule is CCCCCCCCCCCCCCCC(=O)ON(C(C)C)C(C)C. The maximum Gasteiger partial charge on any atom is 0.325 e. The molecule has 0 amide bonds. The van der Waals surface area contributed by atoms with E-state index >= 15 is 0 Å². The summed E-state index contributed by atoms with van der Waals surface area (Å²) in [4.78, 5) is 17.4. The fraction of sp³-hybridized carbons (Fsp3) is 0.955. The molecule has 0 saturated heterocycles. The van der Waals surface area contributed by atoms with E-state index in [2.05, 4.69) is 34.6 Å². The number of hydrogen-bond acceptors (Lipinski definition) is 3. The number of hydrogen-bond donors (Lipinski definition) is 0. The lowest BCUT2D eigenvalue weighted by Gasteiger charge is -2.28. The summed E-state index contributed by atoms with van der Waals surface area (Å²) in [7, 11) is 0. The number of hydroxylamine groups is 2. The Morgan fingerprint density at radius 3 is 1.40 bits per heavy atom. The molecule has 25 heavy (non-hydrogen) atoms. The van der Waals surface area contributed by atoms with Crippen LogP contribution in [0.4, 0.5) is 0 Å². The molecule has 0 aromatic heterocycles. The molecule has 0 aliphatic heterocycles. The van der Waals surface area contributed by atoms with Crippen LogP contribution in [0.15, 0.2) is 0 Å². The van der Waals surface area contributed by atoms with Gasteiger partial charge in [-0.05, 0) is 34.1 Å². The Bertz CT molecular complexity index is 294. The van der Waals surface area contributed by atoms with Gasteiger partial charge in [-0.2, -0.15) is 0 Å². The highest BCUT2D eigenvalue weighted by atomic mass is 16.7. The van der Waals surface area contributed by atoms with Crippen LogP contribution in [0.2, 0.25) is 0 Å². The molecular weight excluding hydrogens is 310 g/mol. The van der Waals surface area contributed by atoms with E-state index in [1.165, 1.54) is 70.6 Å². The van der Waals surface area contributed by atoms with Crippen LogP contribution in [0, 0.1) is 0 Å². The lowest BCUT2D eigenvalue weighted by molar-refractivity contribution is -0.209.